The van der Waals surface area contributed by atoms with E-state index >= 15 is 0 Å². The number of nitrogens with zero attached hydrogens (tertiary/aromatic N) is 1. The van der Waals surface area contributed by atoms with Crippen molar-refractivity contribution in [3.05, 3.63) is 72.4 Å². The first-order valence-electron chi connectivity index (χ1n) is 8.64. The van der Waals surface area contributed by atoms with E-state index in [2.05, 4.69) is 54.2 Å². The minimum Gasteiger partial charge on any atom is -0.324 e. The van der Waals surface area contributed by atoms with Gasteiger partial charge in [-0.15, -0.1) is 0 Å². The number of hydrogen-bond donors (Lipinski definition) is 1. The van der Waals surface area contributed by atoms with Crippen LogP contribution in [0.5, 0.6) is 0 Å². The van der Waals surface area contributed by atoms with E-state index in [-0.39, 0.29) is 11.4 Å². The zero-order valence-electron chi connectivity index (χ0n) is 15.0. The molecule has 1 atom stereocenters. The van der Waals surface area contributed by atoms with Crippen LogP contribution in [0.2, 0.25) is 19.6 Å². The first-order valence-corrected chi connectivity index (χ1v) is 12.2. The van der Waals surface area contributed by atoms with Gasteiger partial charge < -0.3 is 5.32 Å². The molecule has 2 aromatic carbocycles. The van der Waals surface area contributed by atoms with Crippen LogP contribution in [0.15, 0.2) is 66.9 Å². The molecule has 4 heteroatoms. The highest BCUT2D eigenvalue weighted by atomic mass is 28.3. The van der Waals surface area contributed by atoms with E-state index in [0.29, 0.717) is 6.42 Å². The second-order valence-electron chi connectivity index (χ2n) is 7.46. The van der Waals surface area contributed by atoms with Crippen LogP contribution in [-0.2, 0) is 4.79 Å². The summed E-state index contributed by atoms with van der Waals surface area (Å²) in [7, 11) is -1.54. The van der Waals surface area contributed by atoms with Crippen molar-refractivity contribution in [2.45, 2.75) is 31.6 Å². The number of rotatable bonds is 5. The zero-order valence-corrected chi connectivity index (χ0v) is 16.0. The maximum absolute atomic E-state index is 12.8. The summed E-state index contributed by atoms with van der Waals surface area (Å²) in [4.78, 5) is 17.2. The molecule has 0 spiro atoms. The van der Waals surface area contributed by atoms with E-state index in [1.807, 2.05) is 36.4 Å². The Balaban J connectivity index is 1.82. The number of hydrogen-bond acceptors (Lipinski definition) is 2. The average molecular weight is 349 g/mol. The van der Waals surface area contributed by atoms with Crippen LogP contribution in [0.25, 0.3) is 10.9 Å². The topological polar surface area (TPSA) is 42.0 Å². The lowest BCUT2D eigenvalue weighted by Crippen LogP contribution is -2.34. The largest absolute Gasteiger partial charge is 0.324 e. The molecule has 128 valence electrons. The molecule has 3 nitrogen and oxygen atoms in total. The standard InChI is InChI=1S/C21H24N2OSi/c1-25(2,3)19(16-9-5-4-6-10-16)15-20(24)23-18-13-7-11-17-12-8-14-22-21(17)18/h4-14,19H,15H2,1-3H3,(H,23,24)/t19-/m0/s1. The van der Waals surface area contributed by atoms with Crippen molar-refractivity contribution in [3.8, 4) is 0 Å². The number of para-hydroxylation sites is 1. The molecule has 3 rings (SSSR count). The molecule has 0 bridgehead atoms. The number of carbonyl (C=O) groups excluding carboxylic acids is 1. The van der Waals surface area contributed by atoms with Gasteiger partial charge >= 0.3 is 0 Å². The lowest BCUT2D eigenvalue weighted by atomic mass is 10.1. The fraction of sp³-hybridized carbons (Fsp3) is 0.238. The maximum Gasteiger partial charge on any atom is 0.224 e. The van der Waals surface area contributed by atoms with Crippen LogP contribution >= 0.6 is 0 Å². The van der Waals surface area contributed by atoms with Crippen molar-refractivity contribution in [1.29, 1.82) is 0 Å². The Bertz CT molecular complexity index is 866. The lowest BCUT2D eigenvalue weighted by Gasteiger charge is -2.29. The predicted molar refractivity (Wildman–Crippen MR) is 108 cm³/mol. The summed E-state index contributed by atoms with van der Waals surface area (Å²) in [6, 6.07) is 20.2. The maximum atomic E-state index is 12.8. The Hall–Kier alpha value is -2.46. The van der Waals surface area contributed by atoms with E-state index in [4.69, 9.17) is 0 Å². The fourth-order valence-corrected chi connectivity index (χ4v) is 5.19. The number of pyridine rings is 1. The predicted octanol–water partition coefficient (Wildman–Crippen LogP) is 5.22. The van der Waals surface area contributed by atoms with Gasteiger partial charge in [-0.25, -0.2) is 0 Å². The monoisotopic (exact) mass is 348 g/mol. The Morgan fingerprint density at radius 2 is 1.72 bits per heavy atom. The highest BCUT2D eigenvalue weighted by molar-refractivity contribution is 6.77. The molecular formula is C21H24N2OSi. The molecule has 0 saturated carbocycles. The zero-order chi connectivity index (χ0) is 17.9. The van der Waals surface area contributed by atoms with Gasteiger partial charge in [-0.2, -0.15) is 0 Å². The van der Waals surface area contributed by atoms with E-state index in [9.17, 15) is 4.79 Å². The van der Waals surface area contributed by atoms with Gasteiger partial charge in [0.2, 0.25) is 5.91 Å². The molecule has 0 aliphatic heterocycles. The van der Waals surface area contributed by atoms with Gasteiger partial charge in [0.1, 0.15) is 0 Å². The van der Waals surface area contributed by atoms with Crippen molar-refractivity contribution in [3.63, 3.8) is 0 Å². The first-order chi connectivity index (χ1) is 11.9. The van der Waals surface area contributed by atoms with E-state index < -0.39 is 8.07 Å². The summed E-state index contributed by atoms with van der Waals surface area (Å²) in [5, 5.41) is 4.11. The highest BCUT2D eigenvalue weighted by Crippen LogP contribution is 2.31. The number of carbonyl (C=O) groups is 1. The van der Waals surface area contributed by atoms with Gasteiger partial charge in [0.25, 0.3) is 0 Å². The van der Waals surface area contributed by atoms with Gasteiger partial charge in [-0.05, 0) is 23.2 Å². The number of amides is 1. The third-order valence-electron chi connectivity index (χ3n) is 4.54. The second-order valence-corrected chi connectivity index (χ2v) is 12.9. The molecule has 1 amide bonds. The molecule has 1 N–H and O–H groups in total. The van der Waals surface area contributed by atoms with Gasteiger partial charge in [-0.1, -0.05) is 68.2 Å². The van der Waals surface area contributed by atoms with Crippen molar-refractivity contribution in [2.75, 3.05) is 5.32 Å². The summed E-state index contributed by atoms with van der Waals surface area (Å²) < 4.78 is 0. The van der Waals surface area contributed by atoms with Crippen LogP contribution in [0.1, 0.15) is 17.5 Å². The molecule has 0 aliphatic carbocycles. The van der Waals surface area contributed by atoms with E-state index in [1.165, 1.54) is 5.56 Å². The van der Waals surface area contributed by atoms with E-state index in [1.54, 1.807) is 6.20 Å². The van der Waals surface area contributed by atoms with Crippen molar-refractivity contribution in [1.82, 2.24) is 4.98 Å². The molecule has 0 unspecified atom stereocenters. The molecule has 0 aliphatic rings. The molecular weight excluding hydrogens is 324 g/mol. The summed E-state index contributed by atoms with van der Waals surface area (Å²) >= 11 is 0. The minimum absolute atomic E-state index is 0.0504. The van der Waals surface area contributed by atoms with E-state index in [0.717, 1.165) is 16.6 Å². The fourth-order valence-electron chi connectivity index (χ4n) is 3.20. The Morgan fingerprint density at radius 3 is 2.44 bits per heavy atom. The highest BCUT2D eigenvalue weighted by Gasteiger charge is 2.30. The van der Waals surface area contributed by atoms with Crippen LogP contribution in [0, 0.1) is 0 Å². The molecule has 0 saturated heterocycles. The van der Waals surface area contributed by atoms with Crippen LogP contribution in [-0.4, -0.2) is 19.0 Å². The van der Waals surface area contributed by atoms with Gasteiger partial charge in [0, 0.05) is 18.0 Å². The quantitative estimate of drug-likeness (QED) is 0.642. The molecule has 25 heavy (non-hydrogen) atoms. The van der Waals surface area contributed by atoms with Crippen molar-refractivity contribution < 1.29 is 4.79 Å². The number of aromatic nitrogens is 1. The summed E-state index contributed by atoms with van der Waals surface area (Å²) in [6.45, 7) is 6.95. The van der Waals surface area contributed by atoms with Gasteiger partial charge in [-0.3, -0.25) is 9.78 Å². The van der Waals surface area contributed by atoms with Gasteiger partial charge in [0.15, 0.2) is 0 Å². The SMILES string of the molecule is C[Si](C)(C)[C@@H](CC(=O)Nc1cccc2cccnc12)c1ccccc1. The number of nitrogens with one attached hydrogen (secondary N) is 1. The Morgan fingerprint density at radius 1 is 1.00 bits per heavy atom. The molecule has 1 heterocycles. The summed E-state index contributed by atoms with van der Waals surface area (Å²) in [6.07, 6.45) is 2.26. The normalized spacial score (nSPS) is 12.8. The number of benzene rings is 2. The van der Waals surface area contributed by atoms with Crippen LogP contribution in [0.4, 0.5) is 5.69 Å². The summed E-state index contributed by atoms with van der Waals surface area (Å²) in [5.41, 5.74) is 3.16. The third-order valence-corrected chi connectivity index (χ3v) is 7.17. The van der Waals surface area contributed by atoms with Crippen LogP contribution < -0.4 is 5.32 Å². The summed E-state index contributed by atoms with van der Waals surface area (Å²) in [5.74, 6) is 0.0504. The van der Waals surface area contributed by atoms with Gasteiger partial charge in [0.05, 0.1) is 19.3 Å². The number of fused-ring (bicyclic) bond motifs is 1. The molecule has 0 fully saturated rings. The van der Waals surface area contributed by atoms with Crippen LogP contribution in [0.3, 0.4) is 0 Å². The minimum atomic E-state index is -1.54. The molecule has 1 aromatic heterocycles. The van der Waals surface area contributed by atoms with Crippen molar-refractivity contribution in [2.24, 2.45) is 0 Å². The number of anilines is 1. The smallest absolute Gasteiger partial charge is 0.224 e. The molecule has 3 aromatic rings. The second kappa shape index (κ2) is 7.19. The average Bonchev–Trinajstić information content (AvgIpc) is 2.60. The third kappa shape index (κ3) is 4.14. The first kappa shape index (κ1) is 17.4. The Kier molecular flexibility index (Phi) is 5.00. The Labute approximate surface area is 150 Å². The van der Waals surface area contributed by atoms with Crippen molar-refractivity contribution >= 4 is 30.6 Å². The molecule has 0 radical (unpaired) electrons. The lowest BCUT2D eigenvalue weighted by molar-refractivity contribution is -0.116.